The van der Waals surface area contributed by atoms with Crippen LogP contribution < -0.4 is 12.4 Å². The molecule has 0 fully saturated rings. The summed E-state index contributed by atoms with van der Waals surface area (Å²) in [5, 5.41) is 1.30. The summed E-state index contributed by atoms with van der Waals surface area (Å²) < 4.78 is 5.18. The highest BCUT2D eigenvalue weighted by Crippen LogP contribution is 2.31. The Kier molecular flexibility index (Phi) is 3.49. The zero-order valence-corrected chi connectivity index (χ0v) is 9.45. The number of nitrogens with zero attached hydrogens (tertiary/aromatic N) is 1. The van der Waals surface area contributed by atoms with E-state index in [9.17, 15) is 0 Å². The third-order valence-electron chi connectivity index (χ3n) is 1.25. The molecule has 6 heteroatoms. The normalized spacial score (nSPS) is 9.83. The molecule has 0 N–H and O–H groups in total. The van der Waals surface area contributed by atoms with Crippen LogP contribution in [-0.2, 0) is 0 Å². The Labute approximate surface area is 92.9 Å². The van der Waals surface area contributed by atoms with Gasteiger partial charge in [0.05, 0.1) is 5.02 Å². The summed E-state index contributed by atoms with van der Waals surface area (Å²) in [5.41, 5.74) is 0.853. The van der Waals surface area contributed by atoms with Crippen molar-refractivity contribution in [3.05, 3.63) is 22.2 Å². The van der Waals surface area contributed by atoms with E-state index in [2.05, 4.69) is 4.37 Å². The Balaban J connectivity index is 0.000000720. The fourth-order valence-corrected chi connectivity index (χ4v) is 3.31. The Morgan fingerprint density at radius 2 is 2.08 bits per heavy atom. The zero-order valence-electron chi connectivity index (χ0n) is 5.55. The Hall–Kier alpha value is 0.330. The SMILES string of the molecule is Clc1cc(Cl)c2ns[s+]c2c1.[Cl-]. The highest BCUT2D eigenvalue weighted by molar-refractivity contribution is 7.69. The fraction of sp³-hybridized carbons (Fsp3) is 0. The van der Waals surface area contributed by atoms with Gasteiger partial charge in [-0.15, -0.1) is 4.37 Å². The molecule has 0 saturated heterocycles. The van der Waals surface area contributed by atoms with Crippen LogP contribution in [-0.4, -0.2) is 4.37 Å². The minimum atomic E-state index is 0. The standard InChI is InChI=1S/C6H2Cl2NS2.ClH/c7-3-1-4(8)6-5(2-3)10-11-9-6;/h1-2H;1H/q+1;/p-1. The van der Waals surface area contributed by atoms with E-state index in [1.807, 2.05) is 6.07 Å². The first-order valence-electron chi connectivity index (χ1n) is 2.81. The molecule has 1 heterocycles. The van der Waals surface area contributed by atoms with Crippen molar-refractivity contribution in [3.63, 3.8) is 0 Å². The lowest BCUT2D eigenvalue weighted by Crippen LogP contribution is -3.00. The topological polar surface area (TPSA) is 12.9 Å². The van der Waals surface area contributed by atoms with Crippen LogP contribution in [0.15, 0.2) is 12.1 Å². The summed E-state index contributed by atoms with van der Waals surface area (Å²) in [5.74, 6) is 0. The third-order valence-corrected chi connectivity index (χ3v) is 3.56. The van der Waals surface area contributed by atoms with Gasteiger partial charge in [0.15, 0.2) is 5.52 Å². The van der Waals surface area contributed by atoms with Gasteiger partial charge in [-0.25, -0.2) is 0 Å². The Morgan fingerprint density at radius 1 is 1.33 bits per heavy atom. The minimum absolute atomic E-state index is 0. The van der Waals surface area contributed by atoms with E-state index in [0.717, 1.165) is 10.2 Å². The van der Waals surface area contributed by atoms with E-state index in [4.69, 9.17) is 23.2 Å². The van der Waals surface area contributed by atoms with Crippen LogP contribution in [0.25, 0.3) is 10.2 Å². The van der Waals surface area contributed by atoms with Crippen LogP contribution in [0.3, 0.4) is 0 Å². The maximum absolute atomic E-state index is 5.87. The summed E-state index contributed by atoms with van der Waals surface area (Å²) in [6, 6.07) is 3.58. The average molecular weight is 259 g/mol. The van der Waals surface area contributed by atoms with Gasteiger partial charge in [0.1, 0.15) is 0 Å². The molecule has 64 valence electrons. The molecular formula is C6H2Cl3NS2. The molecule has 0 aliphatic carbocycles. The minimum Gasteiger partial charge on any atom is -1.00 e. The average Bonchev–Trinajstić information content (AvgIpc) is 2.34. The third kappa shape index (κ3) is 1.80. The maximum Gasteiger partial charge on any atom is 0.323 e. The molecule has 1 nitrogen and oxygen atoms in total. The molecule has 0 radical (unpaired) electrons. The van der Waals surface area contributed by atoms with Crippen molar-refractivity contribution < 1.29 is 12.4 Å². The van der Waals surface area contributed by atoms with E-state index >= 15 is 0 Å². The second-order valence-corrected chi connectivity index (χ2v) is 4.71. The van der Waals surface area contributed by atoms with Crippen LogP contribution in [0.1, 0.15) is 0 Å². The van der Waals surface area contributed by atoms with Gasteiger partial charge >= 0.3 is 10.3 Å². The number of fused-ring (bicyclic) bond motifs is 1. The van der Waals surface area contributed by atoms with Gasteiger partial charge in [0, 0.05) is 11.1 Å². The number of rotatable bonds is 0. The van der Waals surface area contributed by atoms with E-state index in [1.54, 1.807) is 16.4 Å². The van der Waals surface area contributed by atoms with Gasteiger partial charge in [0.2, 0.25) is 0 Å². The molecule has 1 aromatic heterocycles. The van der Waals surface area contributed by atoms with E-state index in [0.29, 0.717) is 10.0 Å². The van der Waals surface area contributed by atoms with Crippen molar-refractivity contribution in [1.82, 2.24) is 4.37 Å². The lowest BCUT2D eigenvalue weighted by molar-refractivity contribution is -0.00000188. The highest BCUT2D eigenvalue weighted by Gasteiger charge is 2.13. The summed E-state index contributed by atoms with van der Waals surface area (Å²) in [6.07, 6.45) is 0. The molecule has 1 aromatic carbocycles. The van der Waals surface area contributed by atoms with Crippen molar-refractivity contribution in [2.45, 2.75) is 0 Å². The molecule has 2 rings (SSSR count). The second kappa shape index (κ2) is 4.03. The Morgan fingerprint density at radius 3 is 2.83 bits per heavy atom. The van der Waals surface area contributed by atoms with Gasteiger partial charge < -0.3 is 12.4 Å². The highest BCUT2D eigenvalue weighted by atomic mass is 35.5. The lowest BCUT2D eigenvalue weighted by Gasteiger charge is -1.87. The van der Waals surface area contributed by atoms with Gasteiger partial charge in [-0.1, -0.05) is 23.2 Å². The number of halogens is 3. The summed E-state index contributed by atoms with van der Waals surface area (Å²) in [7, 11) is 3.00. The molecule has 12 heavy (non-hydrogen) atoms. The van der Waals surface area contributed by atoms with Gasteiger partial charge in [-0.05, 0) is 6.07 Å². The van der Waals surface area contributed by atoms with Gasteiger partial charge in [-0.2, -0.15) is 0 Å². The smallest absolute Gasteiger partial charge is 0.323 e. The first-order valence-corrected chi connectivity index (χ1v) is 5.67. The molecule has 0 aliphatic rings. The predicted octanol–water partition coefficient (Wildman–Crippen LogP) is 0.950. The number of hydrogen-bond acceptors (Lipinski definition) is 2. The van der Waals surface area contributed by atoms with E-state index in [-0.39, 0.29) is 12.4 Å². The Bertz CT molecular complexity index is 401. The molecule has 0 bridgehead atoms. The quantitative estimate of drug-likeness (QED) is 0.506. The predicted molar refractivity (Wildman–Crippen MR) is 51.9 cm³/mol. The van der Waals surface area contributed by atoms with Crippen LogP contribution >= 0.6 is 44.1 Å². The molecule has 0 saturated carbocycles. The lowest BCUT2D eigenvalue weighted by atomic mass is 10.3. The van der Waals surface area contributed by atoms with Gasteiger partial charge in [-0.3, -0.25) is 0 Å². The summed E-state index contributed by atoms with van der Waals surface area (Å²) in [6.45, 7) is 0. The molecule has 2 aromatic rings. The van der Waals surface area contributed by atoms with Crippen LogP contribution in [0.5, 0.6) is 0 Å². The van der Waals surface area contributed by atoms with Crippen molar-refractivity contribution in [1.29, 1.82) is 0 Å². The molecule has 0 spiro atoms. The largest absolute Gasteiger partial charge is 1.00 e. The van der Waals surface area contributed by atoms with Crippen LogP contribution in [0.2, 0.25) is 10.0 Å². The first-order chi connectivity index (χ1) is 5.27. The van der Waals surface area contributed by atoms with E-state index < -0.39 is 0 Å². The molecule has 0 unspecified atom stereocenters. The maximum atomic E-state index is 5.87. The monoisotopic (exact) mass is 257 g/mol. The van der Waals surface area contributed by atoms with Gasteiger partial charge in [0.25, 0.3) is 15.2 Å². The van der Waals surface area contributed by atoms with Crippen molar-refractivity contribution in [2.75, 3.05) is 0 Å². The molecular weight excluding hydrogens is 257 g/mol. The van der Waals surface area contributed by atoms with Crippen LogP contribution in [0.4, 0.5) is 0 Å². The molecule has 0 amide bonds. The fourth-order valence-electron chi connectivity index (χ4n) is 0.791. The zero-order chi connectivity index (χ0) is 7.84. The number of aromatic nitrogens is 1. The van der Waals surface area contributed by atoms with Crippen molar-refractivity contribution in [2.24, 2.45) is 0 Å². The first kappa shape index (κ1) is 10.4. The number of benzene rings is 1. The van der Waals surface area contributed by atoms with Crippen molar-refractivity contribution in [3.8, 4) is 0 Å². The van der Waals surface area contributed by atoms with E-state index in [1.165, 1.54) is 10.5 Å². The van der Waals surface area contributed by atoms with Crippen molar-refractivity contribution >= 4 is 54.3 Å². The molecule has 0 aliphatic heterocycles. The number of hydrogen-bond donors (Lipinski definition) is 0. The second-order valence-electron chi connectivity index (χ2n) is 1.98. The van der Waals surface area contributed by atoms with Crippen LogP contribution in [0, 0.1) is 0 Å². The summed E-state index contributed by atoms with van der Waals surface area (Å²) >= 11 is 11.6. The molecule has 0 atom stereocenters. The summed E-state index contributed by atoms with van der Waals surface area (Å²) in [4.78, 5) is 0.